The molecule has 0 aliphatic rings. The maximum atomic E-state index is 12.0. The number of esters is 1. The Kier molecular flexibility index (Phi) is 7.12. The standard InChI is InChI=1S/C21H27NO3S/c1-21(2,3)25-20(23)17-9-6-15(7-10-17)13-22-14-16-8-11-19(26-5)18(12-16)24-4/h6-12,22H,13-14H2,1-5H3. The van der Waals surface area contributed by atoms with E-state index in [2.05, 4.69) is 23.5 Å². The maximum absolute atomic E-state index is 12.0. The molecule has 0 bridgehead atoms. The van der Waals surface area contributed by atoms with Gasteiger partial charge in [-0.25, -0.2) is 4.79 Å². The third kappa shape index (κ3) is 6.07. The maximum Gasteiger partial charge on any atom is 0.338 e. The van der Waals surface area contributed by atoms with E-state index in [1.54, 1.807) is 31.0 Å². The van der Waals surface area contributed by atoms with Crippen LogP contribution in [-0.4, -0.2) is 24.9 Å². The van der Waals surface area contributed by atoms with E-state index in [1.165, 1.54) is 5.56 Å². The molecule has 0 spiro atoms. The van der Waals surface area contributed by atoms with Crippen molar-refractivity contribution in [1.29, 1.82) is 0 Å². The minimum Gasteiger partial charge on any atom is -0.496 e. The molecular formula is C21H27NO3S. The van der Waals surface area contributed by atoms with E-state index in [0.29, 0.717) is 5.56 Å². The number of hydrogen-bond donors (Lipinski definition) is 1. The molecule has 5 heteroatoms. The van der Waals surface area contributed by atoms with Crippen molar-refractivity contribution >= 4 is 17.7 Å². The van der Waals surface area contributed by atoms with Gasteiger partial charge in [0.2, 0.25) is 0 Å². The monoisotopic (exact) mass is 373 g/mol. The molecule has 26 heavy (non-hydrogen) atoms. The molecule has 0 saturated carbocycles. The normalized spacial score (nSPS) is 11.3. The molecule has 0 radical (unpaired) electrons. The summed E-state index contributed by atoms with van der Waals surface area (Å²) >= 11 is 1.67. The Labute approximate surface area is 160 Å². The summed E-state index contributed by atoms with van der Waals surface area (Å²) in [4.78, 5) is 13.2. The zero-order valence-electron chi connectivity index (χ0n) is 16.1. The highest BCUT2D eigenvalue weighted by molar-refractivity contribution is 7.98. The van der Waals surface area contributed by atoms with E-state index >= 15 is 0 Å². The lowest BCUT2D eigenvalue weighted by molar-refractivity contribution is 0.00695. The number of thioether (sulfide) groups is 1. The van der Waals surface area contributed by atoms with Crippen LogP contribution in [0.15, 0.2) is 47.4 Å². The summed E-state index contributed by atoms with van der Waals surface area (Å²) in [5, 5.41) is 3.42. The third-order valence-corrected chi connectivity index (χ3v) is 4.47. The number of hydrogen-bond acceptors (Lipinski definition) is 5. The molecule has 1 N–H and O–H groups in total. The molecule has 0 saturated heterocycles. The van der Waals surface area contributed by atoms with Crippen molar-refractivity contribution in [3.8, 4) is 5.75 Å². The lowest BCUT2D eigenvalue weighted by atomic mass is 10.1. The van der Waals surface area contributed by atoms with Gasteiger partial charge in [0.1, 0.15) is 11.4 Å². The zero-order valence-corrected chi connectivity index (χ0v) is 16.9. The summed E-state index contributed by atoms with van der Waals surface area (Å²) in [6, 6.07) is 13.8. The second kappa shape index (κ2) is 9.10. The number of methoxy groups -OCH3 is 1. The second-order valence-corrected chi connectivity index (χ2v) is 7.84. The highest BCUT2D eigenvalue weighted by Crippen LogP contribution is 2.28. The fraction of sp³-hybridized carbons (Fsp3) is 0.381. The molecule has 2 aromatic carbocycles. The Hall–Kier alpha value is -1.98. The fourth-order valence-corrected chi connectivity index (χ4v) is 2.99. The highest BCUT2D eigenvalue weighted by Gasteiger charge is 2.17. The van der Waals surface area contributed by atoms with Gasteiger partial charge in [-0.05, 0) is 62.4 Å². The molecule has 0 aliphatic carbocycles. The average molecular weight is 374 g/mol. The van der Waals surface area contributed by atoms with Crippen molar-refractivity contribution in [2.45, 2.75) is 44.4 Å². The molecule has 0 amide bonds. The van der Waals surface area contributed by atoms with E-state index < -0.39 is 5.60 Å². The van der Waals surface area contributed by atoms with E-state index in [9.17, 15) is 4.79 Å². The van der Waals surface area contributed by atoms with E-state index in [4.69, 9.17) is 9.47 Å². The van der Waals surface area contributed by atoms with Gasteiger partial charge in [-0.3, -0.25) is 0 Å². The van der Waals surface area contributed by atoms with Crippen LogP contribution in [0.4, 0.5) is 0 Å². The summed E-state index contributed by atoms with van der Waals surface area (Å²) in [7, 11) is 1.69. The molecule has 0 aliphatic heterocycles. The molecule has 0 aromatic heterocycles. The molecule has 0 fully saturated rings. The van der Waals surface area contributed by atoms with Crippen LogP contribution in [0.1, 0.15) is 42.3 Å². The van der Waals surface area contributed by atoms with Crippen molar-refractivity contribution in [2.24, 2.45) is 0 Å². The van der Waals surface area contributed by atoms with Gasteiger partial charge in [-0.1, -0.05) is 18.2 Å². The zero-order chi connectivity index (χ0) is 19.2. The van der Waals surface area contributed by atoms with Gasteiger partial charge in [-0.15, -0.1) is 11.8 Å². The number of ether oxygens (including phenoxy) is 2. The second-order valence-electron chi connectivity index (χ2n) is 6.99. The van der Waals surface area contributed by atoms with Crippen molar-refractivity contribution in [1.82, 2.24) is 5.32 Å². The summed E-state index contributed by atoms with van der Waals surface area (Å²) in [6.07, 6.45) is 2.04. The molecule has 2 aromatic rings. The summed E-state index contributed by atoms with van der Waals surface area (Å²) in [5.74, 6) is 0.608. The van der Waals surface area contributed by atoms with Crippen LogP contribution in [0.2, 0.25) is 0 Å². The molecular weight excluding hydrogens is 346 g/mol. The molecule has 0 atom stereocenters. The van der Waals surface area contributed by atoms with Gasteiger partial charge in [0.25, 0.3) is 0 Å². The van der Waals surface area contributed by atoms with Crippen LogP contribution in [0.3, 0.4) is 0 Å². The molecule has 0 unspecified atom stereocenters. The topological polar surface area (TPSA) is 47.6 Å². The average Bonchev–Trinajstić information content (AvgIpc) is 2.60. The predicted octanol–water partition coefficient (Wildman–Crippen LogP) is 4.66. The molecule has 2 rings (SSSR count). The van der Waals surface area contributed by atoms with Crippen LogP contribution < -0.4 is 10.1 Å². The van der Waals surface area contributed by atoms with Gasteiger partial charge in [0.05, 0.1) is 12.7 Å². The van der Waals surface area contributed by atoms with Crippen molar-refractivity contribution in [3.63, 3.8) is 0 Å². The van der Waals surface area contributed by atoms with Crippen LogP contribution in [0, 0.1) is 0 Å². The van der Waals surface area contributed by atoms with E-state index in [0.717, 1.165) is 29.3 Å². The lowest BCUT2D eigenvalue weighted by Crippen LogP contribution is -2.23. The summed E-state index contributed by atoms with van der Waals surface area (Å²) < 4.78 is 10.8. The Morgan fingerprint density at radius 2 is 1.65 bits per heavy atom. The Morgan fingerprint density at radius 3 is 2.23 bits per heavy atom. The Morgan fingerprint density at radius 1 is 1.04 bits per heavy atom. The smallest absolute Gasteiger partial charge is 0.338 e. The van der Waals surface area contributed by atoms with Crippen molar-refractivity contribution in [3.05, 3.63) is 59.2 Å². The highest BCUT2D eigenvalue weighted by atomic mass is 32.2. The first-order valence-electron chi connectivity index (χ1n) is 8.56. The number of benzene rings is 2. The van der Waals surface area contributed by atoms with Crippen molar-refractivity contribution in [2.75, 3.05) is 13.4 Å². The fourth-order valence-electron chi connectivity index (χ4n) is 2.44. The first-order chi connectivity index (χ1) is 12.3. The van der Waals surface area contributed by atoms with E-state index in [-0.39, 0.29) is 5.97 Å². The lowest BCUT2D eigenvalue weighted by Gasteiger charge is -2.19. The number of carbonyl (C=O) groups excluding carboxylic acids is 1. The van der Waals surface area contributed by atoms with Gasteiger partial charge in [0.15, 0.2) is 0 Å². The van der Waals surface area contributed by atoms with Crippen LogP contribution in [0.25, 0.3) is 0 Å². The first-order valence-corrected chi connectivity index (χ1v) is 9.79. The minimum absolute atomic E-state index is 0.294. The first kappa shape index (κ1) is 20.3. The third-order valence-electron chi connectivity index (χ3n) is 3.69. The molecule has 4 nitrogen and oxygen atoms in total. The van der Waals surface area contributed by atoms with Crippen LogP contribution in [-0.2, 0) is 17.8 Å². The van der Waals surface area contributed by atoms with Gasteiger partial charge in [0, 0.05) is 18.0 Å². The largest absolute Gasteiger partial charge is 0.496 e. The number of rotatable bonds is 7. The Bertz CT molecular complexity index is 736. The predicted molar refractivity (Wildman–Crippen MR) is 107 cm³/mol. The van der Waals surface area contributed by atoms with Gasteiger partial charge in [-0.2, -0.15) is 0 Å². The number of carbonyl (C=O) groups is 1. The van der Waals surface area contributed by atoms with E-state index in [1.807, 2.05) is 39.2 Å². The SMILES string of the molecule is COc1cc(CNCc2ccc(C(=O)OC(C)(C)C)cc2)ccc1SC. The van der Waals surface area contributed by atoms with Gasteiger partial charge < -0.3 is 14.8 Å². The van der Waals surface area contributed by atoms with Gasteiger partial charge >= 0.3 is 5.97 Å². The molecule has 140 valence electrons. The summed E-state index contributed by atoms with van der Waals surface area (Å²) in [6.45, 7) is 7.07. The van der Waals surface area contributed by atoms with Crippen molar-refractivity contribution < 1.29 is 14.3 Å². The molecule has 0 heterocycles. The Balaban J connectivity index is 1.89. The quantitative estimate of drug-likeness (QED) is 0.565. The number of nitrogens with one attached hydrogen (secondary N) is 1. The minimum atomic E-state index is -0.482. The van der Waals surface area contributed by atoms with Crippen LogP contribution >= 0.6 is 11.8 Å². The van der Waals surface area contributed by atoms with Crippen LogP contribution in [0.5, 0.6) is 5.75 Å². The summed E-state index contributed by atoms with van der Waals surface area (Å²) in [5.41, 5.74) is 2.38.